The third-order valence-electron chi connectivity index (χ3n) is 2.60. The Labute approximate surface area is 110 Å². The Morgan fingerprint density at radius 3 is 2.53 bits per heavy atom. The van der Waals surface area contributed by atoms with Crippen LogP contribution in [0.5, 0.6) is 0 Å². The maximum Gasteiger partial charge on any atom is 0.328 e. The van der Waals surface area contributed by atoms with Crippen molar-refractivity contribution in [2.75, 3.05) is 6.54 Å². The highest BCUT2D eigenvalue weighted by atomic mass is 19.1. The molecule has 0 aromatic heterocycles. The fourth-order valence-electron chi connectivity index (χ4n) is 1.39. The van der Waals surface area contributed by atoms with Crippen molar-refractivity contribution in [3.05, 3.63) is 35.6 Å². The van der Waals surface area contributed by atoms with E-state index in [-0.39, 0.29) is 12.4 Å². The molecule has 1 aromatic carbocycles. The van der Waals surface area contributed by atoms with Crippen molar-refractivity contribution in [2.45, 2.75) is 25.8 Å². The van der Waals surface area contributed by atoms with Crippen LogP contribution in [0.15, 0.2) is 24.3 Å². The van der Waals surface area contributed by atoms with E-state index in [1.807, 2.05) is 0 Å². The van der Waals surface area contributed by atoms with Crippen molar-refractivity contribution in [1.82, 2.24) is 10.6 Å². The molecule has 0 unspecified atom stereocenters. The van der Waals surface area contributed by atoms with Gasteiger partial charge in [0.1, 0.15) is 11.4 Å². The van der Waals surface area contributed by atoms with Gasteiger partial charge in [0, 0.05) is 6.54 Å². The molecule has 0 radical (unpaired) electrons. The molecule has 0 aliphatic carbocycles. The minimum absolute atomic E-state index is 0.225. The maximum absolute atomic E-state index is 13.3. The fraction of sp³-hybridized carbons (Fsp3) is 0.385. The quantitative estimate of drug-likeness (QED) is 0.757. The summed E-state index contributed by atoms with van der Waals surface area (Å²) in [5.74, 6) is -1.45. The summed E-state index contributed by atoms with van der Waals surface area (Å²) < 4.78 is 13.3. The van der Waals surface area contributed by atoms with Crippen LogP contribution in [0.2, 0.25) is 0 Å². The third-order valence-corrected chi connectivity index (χ3v) is 2.60. The number of aliphatic carboxylic acids is 1. The lowest BCUT2D eigenvalue weighted by molar-refractivity contribution is -0.142. The molecule has 6 heteroatoms. The van der Waals surface area contributed by atoms with Crippen LogP contribution in [0, 0.1) is 5.82 Å². The summed E-state index contributed by atoms with van der Waals surface area (Å²) in [6, 6.07) is 5.70. The van der Waals surface area contributed by atoms with Gasteiger partial charge in [-0.1, -0.05) is 18.2 Å². The number of amides is 2. The van der Waals surface area contributed by atoms with Crippen LogP contribution >= 0.6 is 0 Å². The van der Waals surface area contributed by atoms with Crippen LogP contribution in [0.25, 0.3) is 0 Å². The molecule has 2 amide bonds. The molecule has 0 heterocycles. The number of carboxylic acid groups (broad SMARTS) is 1. The van der Waals surface area contributed by atoms with Crippen molar-refractivity contribution >= 4 is 12.0 Å². The molecule has 104 valence electrons. The lowest BCUT2D eigenvalue weighted by Crippen LogP contribution is -2.53. The molecule has 0 saturated carbocycles. The van der Waals surface area contributed by atoms with E-state index in [0.717, 1.165) is 0 Å². The molecule has 0 spiro atoms. The summed E-state index contributed by atoms with van der Waals surface area (Å²) in [7, 11) is 0. The summed E-state index contributed by atoms with van der Waals surface area (Å²) in [4.78, 5) is 22.3. The standard InChI is InChI=1S/C13H17FN2O3/c1-13(2,11(17)18)16-12(19)15-8-7-9-5-3-4-6-10(9)14/h3-6H,7-8H2,1-2H3,(H,17,18)(H2,15,16,19). The Morgan fingerprint density at radius 2 is 1.95 bits per heavy atom. The fourth-order valence-corrected chi connectivity index (χ4v) is 1.39. The van der Waals surface area contributed by atoms with Gasteiger partial charge in [0.25, 0.3) is 0 Å². The van der Waals surface area contributed by atoms with Crippen LogP contribution in [0.4, 0.5) is 9.18 Å². The van der Waals surface area contributed by atoms with Crippen LogP contribution in [0.1, 0.15) is 19.4 Å². The van der Waals surface area contributed by atoms with Gasteiger partial charge in [-0.2, -0.15) is 0 Å². The summed E-state index contributed by atoms with van der Waals surface area (Å²) in [5, 5.41) is 13.6. The summed E-state index contributed by atoms with van der Waals surface area (Å²) >= 11 is 0. The second kappa shape index (κ2) is 6.17. The number of urea groups is 1. The van der Waals surface area contributed by atoms with Crippen LogP contribution < -0.4 is 10.6 Å². The number of carboxylic acids is 1. The Bertz CT molecular complexity index is 475. The van der Waals surface area contributed by atoms with Crippen LogP contribution in [-0.4, -0.2) is 29.2 Å². The van der Waals surface area contributed by atoms with E-state index in [9.17, 15) is 14.0 Å². The normalized spacial score (nSPS) is 10.9. The van der Waals surface area contributed by atoms with Gasteiger partial charge in [0.05, 0.1) is 0 Å². The van der Waals surface area contributed by atoms with Crippen molar-refractivity contribution in [2.24, 2.45) is 0 Å². The SMILES string of the molecule is CC(C)(NC(=O)NCCc1ccccc1F)C(=O)O. The van der Waals surface area contributed by atoms with E-state index in [2.05, 4.69) is 10.6 Å². The minimum Gasteiger partial charge on any atom is -0.480 e. The molecule has 0 aliphatic rings. The number of rotatable bonds is 5. The second-order valence-corrected chi connectivity index (χ2v) is 4.65. The summed E-state index contributed by atoms with van der Waals surface area (Å²) in [5.41, 5.74) is -0.845. The first-order chi connectivity index (χ1) is 8.83. The molecule has 1 rings (SSSR count). The van der Waals surface area contributed by atoms with Gasteiger partial charge in [-0.3, -0.25) is 0 Å². The number of carbonyl (C=O) groups excluding carboxylic acids is 1. The molecule has 0 fully saturated rings. The Kier molecular flexibility index (Phi) is 4.86. The van der Waals surface area contributed by atoms with Crippen molar-refractivity contribution < 1.29 is 19.1 Å². The monoisotopic (exact) mass is 268 g/mol. The number of hydrogen-bond acceptors (Lipinski definition) is 2. The van der Waals surface area contributed by atoms with E-state index < -0.39 is 17.5 Å². The highest BCUT2D eigenvalue weighted by molar-refractivity contribution is 5.85. The first kappa shape index (κ1) is 14.9. The Hall–Kier alpha value is -2.11. The van der Waals surface area contributed by atoms with Gasteiger partial charge in [0.15, 0.2) is 0 Å². The largest absolute Gasteiger partial charge is 0.480 e. The van der Waals surface area contributed by atoms with Crippen LogP contribution in [-0.2, 0) is 11.2 Å². The molecule has 0 bridgehead atoms. The van der Waals surface area contributed by atoms with Crippen LogP contribution in [0.3, 0.4) is 0 Å². The zero-order chi connectivity index (χ0) is 14.5. The van der Waals surface area contributed by atoms with E-state index in [1.165, 1.54) is 19.9 Å². The van der Waals surface area contributed by atoms with E-state index in [4.69, 9.17) is 5.11 Å². The predicted octanol–water partition coefficient (Wildman–Crippen LogP) is 1.53. The van der Waals surface area contributed by atoms with Crippen molar-refractivity contribution in [1.29, 1.82) is 0 Å². The van der Waals surface area contributed by atoms with E-state index in [1.54, 1.807) is 18.2 Å². The third kappa shape index (κ3) is 4.57. The van der Waals surface area contributed by atoms with Gasteiger partial charge < -0.3 is 15.7 Å². The highest BCUT2D eigenvalue weighted by Crippen LogP contribution is 2.06. The zero-order valence-electron chi connectivity index (χ0n) is 10.9. The Balaban J connectivity index is 2.40. The highest BCUT2D eigenvalue weighted by Gasteiger charge is 2.28. The zero-order valence-corrected chi connectivity index (χ0v) is 10.9. The molecule has 19 heavy (non-hydrogen) atoms. The second-order valence-electron chi connectivity index (χ2n) is 4.65. The minimum atomic E-state index is -1.35. The van der Waals surface area contributed by atoms with Gasteiger partial charge in [0.2, 0.25) is 0 Å². The molecule has 3 N–H and O–H groups in total. The first-order valence-electron chi connectivity index (χ1n) is 5.86. The molecule has 0 aliphatic heterocycles. The number of carbonyl (C=O) groups is 2. The topological polar surface area (TPSA) is 78.4 Å². The molecule has 0 saturated heterocycles. The van der Waals surface area contributed by atoms with Gasteiger partial charge in [-0.15, -0.1) is 0 Å². The van der Waals surface area contributed by atoms with Gasteiger partial charge in [-0.25, -0.2) is 14.0 Å². The molecule has 5 nitrogen and oxygen atoms in total. The first-order valence-corrected chi connectivity index (χ1v) is 5.86. The Morgan fingerprint density at radius 1 is 1.32 bits per heavy atom. The summed E-state index contributed by atoms with van der Waals surface area (Å²) in [6.45, 7) is 2.99. The average molecular weight is 268 g/mol. The van der Waals surface area contributed by atoms with E-state index in [0.29, 0.717) is 12.0 Å². The van der Waals surface area contributed by atoms with Crippen molar-refractivity contribution in [3.8, 4) is 0 Å². The lowest BCUT2D eigenvalue weighted by Gasteiger charge is -2.21. The molecule has 0 atom stereocenters. The molecular formula is C13H17FN2O3. The number of hydrogen-bond donors (Lipinski definition) is 3. The maximum atomic E-state index is 13.3. The number of halogens is 1. The molecular weight excluding hydrogens is 251 g/mol. The summed E-state index contributed by atoms with van der Waals surface area (Å²) in [6.07, 6.45) is 0.341. The average Bonchev–Trinajstić information content (AvgIpc) is 2.30. The number of benzene rings is 1. The molecule has 1 aromatic rings. The predicted molar refractivity (Wildman–Crippen MR) is 68.4 cm³/mol. The van der Waals surface area contributed by atoms with E-state index >= 15 is 0 Å². The van der Waals surface area contributed by atoms with Gasteiger partial charge >= 0.3 is 12.0 Å². The number of nitrogens with one attached hydrogen (secondary N) is 2. The smallest absolute Gasteiger partial charge is 0.328 e. The lowest BCUT2D eigenvalue weighted by atomic mass is 10.1. The van der Waals surface area contributed by atoms with Crippen molar-refractivity contribution in [3.63, 3.8) is 0 Å². The van der Waals surface area contributed by atoms with Gasteiger partial charge in [-0.05, 0) is 31.9 Å².